The van der Waals surface area contributed by atoms with Crippen LogP contribution in [0.4, 0.5) is 0 Å². The molecule has 1 fully saturated rings. The lowest BCUT2D eigenvalue weighted by Crippen LogP contribution is -2.34. The molecular formula is C10H20N2O2. The minimum atomic E-state index is 0.125. The Morgan fingerprint density at radius 1 is 1.71 bits per heavy atom. The first-order chi connectivity index (χ1) is 6.67. The van der Waals surface area contributed by atoms with E-state index in [2.05, 4.69) is 0 Å². The van der Waals surface area contributed by atoms with E-state index in [1.807, 2.05) is 18.7 Å². The highest BCUT2D eigenvalue weighted by Crippen LogP contribution is 2.16. The molecule has 1 saturated heterocycles. The van der Waals surface area contributed by atoms with Crippen LogP contribution in [0.2, 0.25) is 0 Å². The van der Waals surface area contributed by atoms with Crippen molar-refractivity contribution in [1.82, 2.24) is 4.90 Å². The van der Waals surface area contributed by atoms with Crippen LogP contribution in [0.1, 0.15) is 20.3 Å². The average Bonchev–Trinajstić information content (AvgIpc) is 2.48. The Morgan fingerprint density at radius 2 is 2.43 bits per heavy atom. The molecule has 0 radical (unpaired) electrons. The van der Waals surface area contributed by atoms with Gasteiger partial charge in [0.1, 0.15) is 0 Å². The third-order valence-corrected chi connectivity index (χ3v) is 2.56. The van der Waals surface area contributed by atoms with Gasteiger partial charge < -0.3 is 15.4 Å². The molecule has 14 heavy (non-hydrogen) atoms. The Labute approximate surface area is 85.4 Å². The Bertz CT molecular complexity index is 197. The van der Waals surface area contributed by atoms with Gasteiger partial charge in [-0.2, -0.15) is 0 Å². The summed E-state index contributed by atoms with van der Waals surface area (Å²) < 4.78 is 5.40. The number of rotatable bonds is 5. The molecule has 1 amide bonds. The molecule has 0 saturated carbocycles. The molecule has 1 rings (SSSR count). The van der Waals surface area contributed by atoms with Crippen molar-refractivity contribution >= 4 is 5.91 Å². The molecule has 2 unspecified atom stereocenters. The number of hydrogen-bond donors (Lipinski definition) is 1. The predicted molar refractivity (Wildman–Crippen MR) is 54.8 cm³/mol. The van der Waals surface area contributed by atoms with E-state index in [4.69, 9.17) is 10.5 Å². The van der Waals surface area contributed by atoms with Crippen LogP contribution in [0.15, 0.2) is 0 Å². The lowest BCUT2D eigenvalue weighted by atomic mass is 10.1. The maximum Gasteiger partial charge on any atom is 0.223 e. The topological polar surface area (TPSA) is 55.6 Å². The van der Waals surface area contributed by atoms with Crippen LogP contribution in [0.3, 0.4) is 0 Å². The van der Waals surface area contributed by atoms with E-state index >= 15 is 0 Å². The summed E-state index contributed by atoms with van der Waals surface area (Å²) in [6.07, 6.45) is 0.732. The van der Waals surface area contributed by atoms with Gasteiger partial charge in [-0.15, -0.1) is 0 Å². The molecule has 4 heteroatoms. The molecule has 0 aromatic heterocycles. The first-order valence-corrected chi connectivity index (χ1v) is 5.26. The second-order valence-electron chi connectivity index (χ2n) is 3.87. The van der Waals surface area contributed by atoms with E-state index in [0.717, 1.165) is 6.54 Å². The van der Waals surface area contributed by atoms with E-state index < -0.39 is 0 Å². The molecule has 4 nitrogen and oxygen atoms in total. The van der Waals surface area contributed by atoms with Gasteiger partial charge in [0.2, 0.25) is 5.91 Å². The number of hydrogen-bond acceptors (Lipinski definition) is 3. The molecule has 0 aliphatic carbocycles. The van der Waals surface area contributed by atoms with Gasteiger partial charge in [0.25, 0.3) is 0 Å². The number of carbonyl (C=O) groups is 1. The molecule has 0 spiro atoms. The molecule has 2 atom stereocenters. The molecule has 1 aliphatic heterocycles. The zero-order chi connectivity index (χ0) is 10.6. The van der Waals surface area contributed by atoms with Gasteiger partial charge in [-0.3, -0.25) is 4.79 Å². The standard InChI is InChI=1S/C10H20N2O2/c1-3-14-8(2)6-12-7-9(5-11)4-10(12)13/h8-9H,3-7,11H2,1-2H3. The summed E-state index contributed by atoms with van der Waals surface area (Å²) in [5.74, 6) is 0.559. The van der Waals surface area contributed by atoms with E-state index in [1.54, 1.807) is 0 Å². The minimum absolute atomic E-state index is 0.125. The Morgan fingerprint density at radius 3 is 2.93 bits per heavy atom. The Hall–Kier alpha value is -0.610. The lowest BCUT2D eigenvalue weighted by Gasteiger charge is -2.21. The van der Waals surface area contributed by atoms with Gasteiger partial charge in [0.05, 0.1) is 6.10 Å². The van der Waals surface area contributed by atoms with Gasteiger partial charge in [0.15, 0.2) is 0 Å². The number of carbonyl (C=O) groups excluding carboxylic acids is 1. The van der Waals surface area contributed by atoms with Crippen molar-refractivity contribution in [3.63, 3.8) is 0 Å². The predicted octanol–water partition coefficient (Wildman–Crippen LogP) is 0.219. The fourth-order valence-corrected chi connectivity index (χ4v) is 1.84. The van der Waals surface area contributed by atoms with Crippen molar-refractivity contribution in [2.24, 2.45) is 11.7 Å². The second-order valence-corrected chi connectivity index (χ2v) is 3.87. The monoisotopic (exact) mass is 200 g/mol. The van der Waals surface area contributed by atoms with Gasteiger partial charge in [-0.05, 0) is 26.3 Å². The molecular weight excluding hydrogens is 180 g/mol. The van der Waals surface area contributed by atoms with Gasteiger partial charge in [0, 0.05) is 26.1 Å². The van der Waals surface area contributed by atoms with Crippen LogP contribution in [0.25, 0.3) is 0 Å². The van der Waals surface area contributed by atoms with Crippen LogP contribution in [0, 0.1) is 5.92 Å². The molecule has 0 bridgehead atoms. The molecule has 2 N–H and O–H groups in total. The average molecular weight is 200 g/mol. The van der Waals surface area contributed by atoms with Crippen LogP contribution >= 0.6 is 0 Å². The summed E-state index contributed by atoms with van der Waals surface area (Å²) in [5, 5.41) is 0. The zero-order valence-electron chi connectivity index (χ0n) is 9.03. The molecule has 1 aliphatic rings. The zero-order valence-corrected chi connectivity index (χ0v) is 9.03. The number of nitrogens with two attached hydrogens (primary N) is 1. The SMILES string of the molecule is CCOC(C)CN1CC(CN)CC1=O. The highest BCUT2D eigenvalue weighted by atomic mass is 16.5. The number of ether oxygens (including phenoxy) is 1. The quantitative estimate of drug-likeness (QED) is 0.690. The number of amides is 1. The van der Waals surface area contributed by atoms with Crippen LogP contribution in [0.5, 0.6) is 0 Å². The number of likely N-dealkylation sites (tertiary alicyclic amines) is 1. The number of nitrogens with zero attached hydrogens (tertiary/aromatic N) is 1. The maximum atomic E-state index is 11.5. The van der Waals surface area contributed by atoms with E-state index in [1.165, 1.54) is 0 Å². The summed E-state index contributed by atoms with van der Waals surface area (Å²) in [7, 11) is 0. The van der Waals surface area contributed by atoms with Crippen molar-refractivity contribution in [2.45, 2.75) is 26.4 Å². The van der Waals surface area contributed by atoms with Crippen molar-refractivity contribution in [1.29, 1.82) is 0 Å². The van der Waals surface area contributed by atoms with Crippen LogP contribution in [-0.2, 0) is 9.53 Å². The smallest absolute Gasteiger partial charge is 0.223 e. The normalized spacial score (nSPS) is 24.4. The maximum absolute atomic E-state index is 11.5. The summed E-state index contributed by atoms with van der Waals surface area (Å²) in [4.78, 5) is 13.4. The molecule has 0 aromatic carbocycles. The van der Waals surface area contributed by atoms with Crippen molar-refractivity contribution < 1.29 is 9.53 Å². The van der Waals surface area contributed by atoms with Gasteiger partial charge in [-0.1, -0.05) is 0 Å². The summed E-state index contributed by atoms with van der Waals surface area (Å²) in [5.41, 5.74) is 5.54. The summed E-state index contributed by atoms with van der Waals surface area (Å²) in [6.45, 7) is 6.75. The fraction of sp³-hybridized carbons (Fsp3) is 0.900. The Kier molecular flexibility index (Phi) is 4.35. The van der Waals surface area contributed by atoms with Crippen molar-refractivity contribution in [2.75, 3.05) is 26.2 Å². The molecule has 82 valence electrons. The molecule has 0 aromatic rings. The summed E-state index contributed by atoms with van der Waals surface area (Å²) >= 11 is 0. The third-order valence-electron chi connectivity index (χ3n) is 2.56. The minimum Gasteiger partial charge on any atom is -0.377 e. The van der Waals surface area contributed by atoms with Crippen molar-refractivity contribution in [3.8, 4) is 0 Å². The van der Waals surface area contributed by atoms with Crippen molar-refractivity contribution in [3.05, 3.63) is 0 Å². The van der Waals surface area contributed by atoms with Crippen LogP contribution < -0.4 is 5.73 Å². The Balaban J connectivity index is 2.34. The van der Waals surface area contributed by atoms with Gasteiger partial charge >= 0.3 is 0 Å². The highest BCUT2D eigenvalue weighted by molar-refractivity contribution is 5.78. The first-order valence-electron chi connectivity index (χ1n) is 5.26. The summed E-state index contributed by atoms with van der Waals surface area (Å²) in [6, 6.07) is 0. The third kappa shape index (κ3) is 2.96. The second kappa shape index (κ2) is 5.32. The van der Waals surface area contributed by atoms with E-state index in [-0.39, 0.29) is 12.0 Å². The fourth-order valence-electron chi connectivity index (χ4n) is 1.84. The van der Waals surface area contributed by atoms with Gasteiger partial charge in [-0.25, -0.2) is 0 Å². The highest BCUT2D eigenvalue weighted by Gasteiger charge is 2.29. The van der Waals surface area contributed by atoms with E-state index in [9.17, 15) is 4.79 Å². The molecule has 1 heterocycles. The first kappa shape index (κ1) is 11.5. The lowest BCUT2D eigenvalue weighted by molar-refractivity contribution is -0.129. The van der Waals surface area contributed by atoms with E-state index in [0.29, 0.717) is 32.0 Å². The largest absolute Gasteiger partial charge is 0.377 e. The van der Waals surface area contributed by atoms with Crippen LogP contribution in [-0.4, -0.2) is 43.2 Å².